The Labute approximate surface area is 108 Å². The number of nitrogens with zero attached hydrogens (tertiary/aromatic N) is 2. The van der Waals surface area contributed by atoms with Gasteiger partial charge in [-0.25, -0.2) is 0 Å². The van der Waals surface area contributed by atoms with E-state index in [2.05, 4.69) is 6.07 Å². The summed E-state index contributed by atoms with van der Waals surface area (Å²) in [6.07, 6.45) is 0.620. The van der Waals surface area contributed by atoms with Crippen molar-refractivity contribution >= 4 is 5.91 Å². The highest BCUT2D eigenvalue weighted by Gasteiger charge is 2.19. The fourth-order valence-electron chi connectivity index (χ4n) is 1.73. The van der Waals surface area contributed by atoms with Crippen molar-refractivity contribution in [2.75, 3.05) is 6.54 Å². The van der Waals surface area contributed by atoms with Crippen molar-refractivity contribution in [3.05, 3.63) is 35.4 Å². The third kappa shape index (κ3) is 3.31. The topological polar surface area (TPSA) is 70.1 Å². The Morgan fingerprint density at radius 3 is 2.67 bits per heavy atom. The summed E-state index contributed by atoms with van der Waals surface area (Å²) in [4.78, 5) is 13.7. The summed E-state index contributed by atoms with van der Waals surface area (Å²) in [5.41, 5.74) is 7.23. The first kappa shape index (κ1) is 14.2. The second-order valence-corrected chi connectivity index (χ2v) is 4.14. The van der Waals surface area contributed by atoms with Crippen LogP contribution in [0.1, 0.15) is 31.4 Å². The highest BCUT2D eigenvalue weighted by atomic mass is 16.2. The molecule has 4 heteroatoms. The van der Waals surface area contributed by atoms with Crippen LogP contribution in [0.15, 0.2) is 24.3 Å². The van der Waals surface area contributed by atoms with Crippen molar-refractivity contribution in [1.29, 1.82) is 5.26 Å². The molecule has 0 aliphatic carbocycles. The minimum atomic E-state index is -0.459. The average Bonchev–Trinajstić information content (AvgIpc) is 2.43. The molecule has 1 rings (SSSR count). The number of benzene rings is 1. The lowest BCUT2D eigenvalue weighted by Crippen LogP contribution is -2.43. The Balaban J connectivity index is 2.87. The SMILES string of the molecule is CC[C@@H](N)C(=O)N(CC)Cc1ccccc1C#N. The summed E-state index contributed by atoms with van der Waals surface area (Å²) in [5, 5.41) is 9.02. The molecule has 1 amide bonds. The standard InChI is InChI=1S/C14H19N3O/c1-3-13(16)14(18)17(4-2)10-12-8-6-5-7-11(12)9-15/h5-8,13H,3-4,10,16H2,1-2H3/t13-/m1/s1. The summed E-state index contributed by atoms with van der Waals surface area (Å²) in [6, 6.07) is 8.99. The molecule has 96 valence electrons. The van der Waals surface area contributed by atoms with Gasteiger partial charge in [0.1, 0.15) is 0 Å². The molecule has 0 fully saturated rings. The second-order valence-electron chi connectivity index (χ2n) is 4.14. The molecule has 18 heavy (non-hydrogen) atoms. The first-order valence-corrected chi connectivity index (χ1v) is 6.16. The van der Waals surface area contributed by atoms with Crippen LogP contribution in [0, 0.1) is 11.3 Å². The lowest BCUT2D eigenvalue weighted by Gasteiger charge is -2.24. The van der Waals surface area contributed by atoms with Crippen LogP contribution in [-0.2, 0) is 11.3 Å². The summed E-state index contributed by atoms with van der Waals surface area (Å²) in [6.45, 7) is 4.83. The molecule has 0 aliphatic rings. The zero-order valence-corrected chi connectivity index (χ0v) is 10.9. The van der Waals surface area contributed by atoms with Crippen molar-refractivity contribution in [2.24, 2.45) is 5.73 Å². The van der Waals surface area contributed by atoms with E-state index < -0.39 is 6.04 Å². The van der Waals surface area contributed by atoms with Gasteiger partial charge >= 0.3 is 0 Å². The molecule has 0 spiro atoms. The molecular formula is C14H19N3O. The third-order valence-electron chi connectivity index (χ3n) is 2.95. The average molecular weight is 245 g/mol. The zero-order valence-electron chi connectivity index (χ0n) is 10.9. The van der Waals surface area contributed by atoms with Gasteiger partial charge in [-0.1, -0.05) is 25.1 Å². The van der Waals surface area contributed by atoms with Gasteiger partial charge < -0.3 is 10.6 Å². The van der Waals surface area contributed by atoms with Gasteiger partial charge in [-0.15, -0.1) is 0 Å². The van der Waals surface area contributed by atoms with Crippen molar-refractivity contribution in [3.63, 3.8) is 0 Å². The number of nitrogens with two attached hydrogens (primary N) is 1. The first-order chi connectivity index (χ1) is 8.63. The van der Waals surface area contributed by atoms with Gasteiger partial charge in [0.2, 0.25) is 5.91 Å². The van der Waals surface area contributed by atoms with Crippen molar-refractivity contribution in [2.45, 2.75) is 32.9 Å². The monoisotopic (exact) mass is 245 g/mol. The Morgan fingerprint density at radius 1 is 1.44 bits per heavy atom. The molecule has 0 heterocycles. The lowest BCUT2D eigenvalue weighted by molar-refractivity contribution is -0.133. The third-order valence-corrected chi connectivity index (χ3v) is 2.95. The van der Waals surface area contributed by atoms with Gasteiger partial charge in [0.25, 0.3) is 0 Å². The van der Waals surface area contributed by atoms with E-state index in [1.807, 2.05) is 32.0 Å². The van der Waals surface area contributed by atoms with Crippen LogP contribution in [0.5, 0.6) is 0 Å². The van der Waals surface area contributed by atoms with E-state index in [0.717, 1.165) is 5.56 Å². The number of carbonyl (C=O) groups is 1. The van der Waals surface area contributed by atoms with Crippen LogP contribution in [0.4, 0.5) is 0 Å². The summed E-state index contributed by atoms with van der Waals surface area (Å²) in [7, 11) is 0. The second kappa shape index (κ2) is 6.77. The fraction of sp³-hybridized carbons (Fsp3) is 0.429. The number of likely N-dealkylation sites (N-methyl/N-ethyl adjacent to an activating group) is 1. The van der Waals surface area contributed by atoms with Gasteiger partial charge in [0.15, 0.2) is 0 Å². The molecule has 0 saturated carbocycles. The van der Waals surface area contributed by atoms with E-state index in [0.29, 0.717) is 25.1 Å². The van der Waals surface area contributed by atoms with E-state index in [1.165, 1.54) is 0 Å². The normalized spacial score (nSPS) is 11.7. The van der Waals surface area contributed by atoms with Gasteiger partial charge in [-0.05, 0) is 25.0 Å². The lowest BCUT2D eigenvalue weighted by atomic mass is 10.1. The molecule has 0 aromatic heterocycles. The fourth-order valence-corrected chi connectivity index (χ4v) is 1.73. The summed E-state index contributed by atoms with van der Waals surface area (Å²) < 4.78 is 0. The van der Waals surface area contributed by atoms with Crippen molar-refractivity contribution < 1.29 is 4.79 Å². The molecule has 0 bridgehead atoms. The highest BCUT2D eigenvalue weighted by Crippen LogP contribution is 2.11. The Morgan fingerprint density at radius 2 is 2.11 bits per heavy atom. The Kier molecular flexibility index (Phi) is 5.34. The maximum Gasteiger partial charge on any atom is 0.239 e. The minimum absolute atomic E-state index is 0.0623. The molecule has 2 N–H and O–H groups in total. The molecule has 0 saturated heterocycles. The van der Waals surface area contributed by atoms with Crippen molar-refractivity contribution in [1.82, 2.24) is 4.90 Å². The van der Waals surface area contributed by atoms with Gasteiger partial charge in [0.05, 0.1) is 17.7 Å². The number of hydrogen-bond acceptors (Lipinski definition) is 3. The molecule has 1 aromatic carbocycles. The summed E-state index contributed by atoms with van der Waals surface area (Å²) >= 11 is 0. The van der Waals surface area contributed by atoms with E-state index in [-0.39, 0.29) is 5.91 Å². The zero-order chi connectivity index (χ0) is 13.5. The molecular weight excluding hydrogens is 226 g/mol. The summed E-state index contributed by atoms with van der Waals surface area (Å²) in [5.74, 6) is -0.0623. The van der Waals surface area contributed by atoms with Gasteiger partial charge in [-0.3, -0.25) is 4.79 Å². The van der Waals surface area contributed by atoms with Crippen molar-refractivity contribution in [3.8, 4) is 6.07 Å². The molecule has 0 unspecified atom stereocenters. The van der Waals surface area contributed by atoms with E-state index in [1.54, 1.807) is 11.0 Å². The number of hydrogen-bond donors (Lipinski definition) is 1. The predicted molar refractivity (Wildman–Crippen MR) is 70.5 cm³/mol. The molecule has 1 atom stereocenters. The van der Waals surface area contributed by atoms with Crippen LogP contribution >= 0.6 is 0 Å². The van der Waals surface area contributed by atoms with E-state index in [4.69, 9.17) is 11.0 Å². The predicted octanol–water partition coefficient (Wildman–Crippen LogP) is 1.64. The van der Waals surface area contributed by atoms with E-state index in [9.17, 15) is 4.79 Å². The maximum absolute atomic E-state index is 12.0. The van der Waals surface area contributed by atoms with Gasteiger partial charge in [-0.2, -0.15) is 5.26 Å². The molecule has 4 nitrogen and oxygen atoms in total. The first-order valence-electron chi connectivity index (χ1n) is 6.16. The number of nitriles is 1. The Hall–Kier alpha value is -1.86. The van der Waals surface area contributed by atoms with Crippen LogP contribution in [0.25, 0.3) is 0 Å². The minimum Gasteiger partial charge on any atom is -0.337 e. The van der Waals surface area contributed by atoms with Gasteiger partial charge in [0, 0.05) is 13.1 Å². The highest BCUT2D eigenvalue weighted by molar-refractivity contribution is 5.81. The molecule has 1 aromatic rings. The smallest absolute Gasteiger partial charge is 0.239 e. The van der Waals surface area contributed by atoms with Crippen LogP contribution in [0.2, 0.25) is 0 Å². The van der Waals surface area contributed by atoms with Crippen LogP contribution in [0.3, 0.4) is 0 Å². The largest absolute Gasteiger partial charge is 0.337 e. The molecule has 0 aliphatic heterocycles. The number of amides is 1. The Bertz CT molecular complexity index is 451. The quantitative estimate of drug-likeness (QED) is 0.857. The number of rotatable bonds is 5. The molecule has 0 radical (unpaired) electrons. The maximum atomic E-state index is 12.0. The number of carbonyl (C=O) groups excluding carboxylic acids is 1. The van der Waals surface area contributed by atoms with E-state index >= 15 is 0 Å². The van der Waals surface area contributed by atoms with Crippen LogP contribution < -0.4 is 5.73 Å². The van der Waals surface area contributed by atoms with Crippen LogP contribution in [-0.4, -0.2) is 23.4 Å².